The van der Waals surface area contributed by atoms with Crippen molar-refractivity contribution in [2.45, 2.75) is 6.42 Å². The Kier molecular flexibility index (Phi) is 3.64. The van der Waals surface area contributed by atoms with E-state index in [0.717, 1.165) is 27.6 Å². The number of pyridine rings is 1. The molecule has 5 nitrogen and oxygen atoms in total. The molecule has 0 bridgehead atoms. The van der Waals surface area contributed by atoms with Gasteiger partial charge in [-0.2, -0.15) is 10.4 Å². The van der Waals surface area contributed by atoms with Crippen LogP contribution in [0.15, 0.2) is 65.7 Å². The molecule has 2 aromatic carbocycles. The van der Waals surface area contributed by atoms with Crippen molar-refractivity contribution < 1.29 is 0 Å². The summed E-state index contributed by atoms with van der Waals surface area (Å²) in [6.07, 6.45) is 3.97. The van der Waals surface area contributed by atoms with Crippen molar-refractivity contribution in [1.82, 2.24) is 15.2 Å². The first-order valence-electron chi connectivity index (χ1n) is 7.87. The Bertz CT molecular complexity index is 1160. The van der Waals surface area contributed by atoms with Gasteiger partial charge < -0.3 is 4.98 Å². The highest BCUT2D eigenvalue weighted by molar-refractivity contribution is 5.83. The van der Waals surface area contributed by atoms with Gasteiger partial charge in [-0.15, -0.1) is 0 Å². The van der Waals surface area contributed by atoms with Gasteiger partial charge in [-0.1, -0.05) is 24.3 Å². The molecule has 0 radical (unpaired) electrons. The highest BCUT2D eigenvalue weighted by atomic mass is 16.1. The Labute approximate surface area is 143 Å². The number of nitriles is 1. The molecule has 0 unspecified atom stereocenters. The SMILES string of the molecule is N#Cc1cccc(Cc2cc(-c3ccc4cn[nH]c4c3)c[nH]c2=O)c1. The fraction of sp³-hybridized carbons (Fsp3) is 0.0500. The zero-order chi connectivity index (χ0) is 17.2. The lowest BCUT2D eigenvalue weighted by molar-refractivity contribution is 1.09. The second-order valence-electron chi connectivity index (χ2n) is 5.90. The van der Waals surface area contributed by atoms with E-state index in [9.17, 15) is 4.79 Å². The van der Waals surface area contributed by atoms with Crippen molar-refractivity contribution in [3.63, 3.8) is 0 Å². The van der Waals surface area contributed by atoms with Crippen LogP contribution in [0.25, 0.3) is 22.0 Å². The van der Waals surface area contributed by atoms with Gasteiger partial charge in [-0.3, -0.25) is 9.89 Å². The molecule has 2 aromatic heterocycles. The summed E-state index contributed by atoms with van der Waals surface area (Å²) in [4.78, 5) is 15.0. The van der Waals surface area contributed by atoms with E-state index in [0.29, 0.717) is 17.5 Å². The maximum Gasteiger partial charge on any atom is 0.251 e. The van der Waals surface area contributed by atoms with Crippen LogP contribution in [0.3, 0.4) is 0 Å². The lowest BCUT2D eigenvalue weighted by Gasteiger charge is -2.06. The number of nitrogens with one attached hydrogen (secondary N) is 2. The van der Waals surface area contributed by atoms with Gasteiger partial charge in [-0.05, 0) is 41.0 Å². The molecule has 0 fully saturated rings. The van der Waals surface area contributed by atoms with Crippen molar-refractivity contribution in [2.24, 2.45) is 0 Å². The molecule has 0 aliphatic rings. The van der Waals surface area contributed by atoms with Crippen LogP contribution in [0.1, 0.15) is 16.7 Å². The summed E-state index contributed by atoms with van der Waals surface area (Å²) < 4.78 is 0. The molecular formula is C20H14N4O. The molecule has 4 rings (SSSR count). The fourth-order valence-corrected chi connectivity index (χ4v) is 2.92. The second-order valence-corrected chi connectivity index (χ2v) is 5.90. The molecule has 0 atom stereocenters. The molecular weight excluding hydrogens is 312 g/mol. The summed E-state index contributed by atoms with van der Waals surface area (Å²) in [5.41, 5.74) is 4.96. The molecule has 2 N–H and O–H groups in total. The third-order valence-electron chi connectivity index (χ3n) is 4.21. The van der Waals surface area contributed by atoms with Gasteiger partial charge in [0.15, 0.2) is 0 Å². The maximum atomic E-state index is 12.2. The van der Waals surface area contributed by atoms with E-state index in [1.165, 1.54) is 0 Å². The molecule has 4 aromatic rings. The Morgan fingerprint density at radius 2 is 2.00 bits per heavy atom. The summed E-state index contributed by atoms with van der Waals surface area (Å²) in [7, 11) is 0. The largest absolute Gasteiger partial charge is 0.328 e. The minimum Gasteiger partial charge on any atom is -0.328 e. The van der Waals surface area contributed by atoms with E-state index in [1.54, 1.807) is 18.5 Å². The monoisotopic (exact) mass is 326 g/mol. The smallest absolute Gasteiger partial charge is 0.251 e. The van der Waals surface area contributed by atoms with E-state index >= 15 is 0 Å². The molecule has 5 heteroatoms. The molecule has 0 aliphatic carbocycles. The van der Waals surface area contributed by atoms with E-state index < -0.39 is 0 Å². The maximum absolute atomic E-state index is 12.2. The number of H-pyrrole nitrogens is 2. The van der Waals surface area contributed by atoms with E-state index in [1.807, 2.05) is 42.5 Å². The molecule has 2 heterocycles. The molecule has 120 valence electrons. The van der Waals surface area contributed by atoms with E-state index in [4.69, 9.17) is 5.26 Å². The number of nitrogens with zero attached hydrogens (tertiary/aromatic N) is 2. The Balaban J connectivity index is 1.73. The summed E-state index contributed by atoms with van der Waals surface area (Å²) in [5.74, 6) is 0. The van der Waals surface area contributed by atoms with Crippen molar-refractivity contribution in [3.8, 4) is 17.2 Å². The number of aromatic amines is 2. The van der Waals surface area contributed by atoms with Crippen LogP contribution in [0.2, 0.25) is 0 Å². The van der Waals surface area contributed by atoms with Crippen molar-refractivity contribution in [3.05, 3.63) is 88.0 Å². The van der Waals surface area contributed by atoms with E-state index in [-0.39, 0.29) is 5.56 Å². The van der Waals surface area contributed by atoms with Crippen LogP contribution in [0, 0.1) is 11.3 Å². The third kappa shape index (κ3) is 2.93. The lowest BCUT2D eigenvalue weighted by Crippen LogP contribution is -2.12. The zero-order valence-corrected chi connectivity index (χ0v) is 13.3. The first-order valence-corrected chi connectivity index (χ1v) is 7.87. The number of hydrogen-bond acceptors (Lipinski definition) is 3. The molecule has 0 spiro atoms. The van der Waals surface area contributed by atoms with Crippen LogP contribution in [-0.4, -0.2) is 15.2 Å². The zero-order valence-electron chi connectivity index (χ0n) is 13.3. The van der Waals surface area contributed by atoms with Gasteiger partial charge >= 0.3 is 0 Å². The minimum absolute atomic E-state index is 0.117. The molecule has 0 saturated heterocycles. The van der Waals surface area contributed by atoms with Gasteiger partial charge in [0.2, 0.25) is 0 Å². The van der Waals surface area contributed by atoms with Crippen LogP contribution < -0.4 is 5.56 Å². The number of benzene rings is 2. The van der Waals surface area contributed by atoms with Gasteiger partial charge in [0.1, 0.15) is 0 Å². The summed E-state index contributed by atoms with van der Waals surface area (Å²) in [6.45, 7) is 0. The number of hydrogen-bond donors (Lipinski definition) is 2. The first-order chi connectivity index (χ1) is 12.2. The highest BCUT2D eigenvalue weighted by Gasteiger charge is 2.07. The van der Waals surface area contributed by atoms with Gasteiger partial charge in [0, 0.05) is 23.6 Å². The highest BCUT2D eigenvalue weighted by Crippen LogP contribution is 2.23. The second kappa shape index (κ2) is 6.10. The van der Waals surface area contributed by atoms with Crippen LogP contribution in [0.5, 0.6) is 0 Å². The predicted octanol–water partition coefficient (Wildman–Crippen LogP) is 3.38. The summed E-state index contributed by atoms with van der Waals surface area (Å²) in [6, 6.07) is 17.3. The Morgan fingerprint density at radius 1 is 1.08 bits per heavy atom. The number of aromatic nitrogens is 3. The quantitative estimate of drug-likeness (QED) is 0.605. The van der Waals surface area contributed by atoms with Crippen molar-refractivity contribution in [2.75, 3.05) is 0 Å². The molecule has 0 saturated carbocycles. The standard InChI is InChI=1S/C20H14N4O/c21-10-14-3-1-2-13(6-14)7-17-8-18(11-22-20(17)25)15-4-5-16-12-23-24-19(16)9-15/h1-6,8-9,11-12H,7H2,(H,22,25)(H,23,24). The molecule has 25 heavy (non-hydrogen) atoms. The first kappa shape index (κ1) is 14.9. The van der Waals surface area contributed by atoms with Crippen molar-refractivity contribution in [1.29, 1.82) is 5.26 Å². The summed E-state index contributed by atoms with van der Waals surface area (Å²) >= 11 is 0. The van der Waals surface area contributed by atoms with Gasteiger partial charge in [-0.25, -0.2) is 0 Å². The van der Waals surface area contributed by atoms with Gasteiger partial charge in [0.25, 0.3) is 5.56 Å². The Morgan fingerprint density at radius 3 is 2.88 bits per heavy atom. The van der Waals surface area contributed by atoms with E-state index in [2.05, 4.69) is 21.3 Å². The van der Waals surface area contributed by atoms with Crippen LogP contribution in [-0.2, 0) is 6.42 Å². The topological polar surface area (TPSA) is 85.3 Å². The molecule has 0 aliphatic heterocycles. The fourth-order valence-electron chi connectivity index (χ4n) is 2.92. The normalized spacial score (nSPS) is 10.7. The lowest BCUT2D eigenvalue weighted by atomic mass is 10.0. The number of rotatable bonds is 3. The molecule has 0 amide bonds. The van der Waals surface area contributed by atoms with Crippen molar-refractivity contribution >= 4 is 10.9 Å². The minimum atomic E-state index is -0.117. The average Bonchev–Trinajstić information content (AvgIpc) is 3.11. The summed E-state index contributed by atoms with van der Waals surface area (Å²) in [5, 5.41) is 17.0. The predicted molar refractivity (Wildman–Crippen MR) is 96.1 cm³/mol. The average molecular weight is 326 g/mol. The Hall–Kier alpha value is -3.65. The number of fused-ring (bicyclic) bond motifs is 1. The van der Waals surface area contributed by atoms with Gasteiger partial charge in [0.05, 0.1) is 23.3 Å². The van der Waals surface area contributed by atoms with Crippen LogP contribution in [0.4, 0.5) is 0 Å². The van der Waals surface area contributed by atoms with Crippen LogP contribution >= 0.6 is 0 Å². The third-order valence-corrected chi connectivity index (χ3v) is 4.21.